The van der Waals surface area contributed by atoms with Gasteiger partial charge in [-0.25, -0.2) is 0 Å². The quantitative estimate of drug-likeness (QED) is 0.593. The summed E-state index contributed by atoms with van der Waals surface area (Å²) in [4.78, 5) is 0. The number of rotatable bonds is 2. The molecule has 0 saturated heterocycles. The molecule has 2 aliphatic carbocycles. The van der Waals surface area contributed by atoms with Gasteiger partial charge in [0.1, 0.15) is 0 Å². The van der Waals surface area contributed by atoms with E-state index >= 15 is 0 Å². The van der Waals surface area contributed by atoms with Gasteiger partial charge in [0.05, 0.1) is 0 Å². The second kappa shape index (κ2) is 3.53. The van der Waals surface area contributed by atoms with E-state index in [1.807, 2.05) is 0 Å². The van der Waals surface area contributed by atoms with Crippen LogP contribution in [0.2, 0.25) is 0 Å². The molecule has 0 heteroatoms. The van der Waals surface area contributed by atoms with Gasteiger partial charge in [-0.15, -0.1) is 0 Å². The zero-order valence-corrected chi connectivity index (χ0v) is 8.64. The summed E-state index contributed by atoms with van der Waals surface area (Å²) in [6, 6.07) is 0. The van der Waals surface area contributed by atoms with Crippen molar-refractivity contribution in [3.8, 4) is 0 Å². The molecule has 0 unspecified atom stereocenters. The Labute approximate surface area is 81.0 Å². The van der Waals surface area contributed by atoms with Crippen LogP contribution in [-0.2, 0) is 0 Å². The minimum atomic E-state index is 0.908. The van der Waals surface area contributed by atoms with Gasteiger partial charge < -0.3 is 0 Å². The molecule has 0 N–H and O–H groups in total. The van der Waals surface area contributed by atoms with Crippen molar-refractivity contribution in [3.63, 3.8) is 0 Å². The van der Waals surface area contributed by atoms with Crippen LogP contribution in [0.15, 0.2) is 34.9 Å². The highest BCUT2D eigenvalue weighted by atomic mass is 14.3. The number of hydrogen-bond acceptors (Lipinski definition) is 0. The van der Waals surface area contributed by atoms with Crippen LogP contribution in [0.4, 0.5) is 0 Å². The van der Waals surface area contributed by atoms with E-state index in [2.05, 4.69) is 32.1 Å². The molecule has 0 radical (unpaired) electrons. The highest BCUT2D eigenvalue weighted by Crippen LogP contribution is 2.41. The predicted octanol–water partition coefficient (Wildman–Crippen LogP) is 4.01. The summed E-state index contributed by atoms with van der Waals surface area (Å²) in [7, 11) is 0. The largest absolute Gasteiger partial charge is 0.0767 e. The predicted molar refractivity (Wildman–Crippen MR) is 57.6 cm³/mol. The van der Waals surface area contributed by atoms with Crippen LogP contribution in [0.25, 0.3) is 0 Å². The van der Waals surface area contributed by atoms with E-state index in [-0.39, 0.29) is 0 Å². The summed E-state index contributed by atoms with van der Waals surface area (Å²) >= 11 is 0. The highest BCUT2D eigenvalue weighted by molar-refractivity contribution is 5.41. The maximum absolute atomic E-state index is 2.45. The van der Waals surface area contributed by atoms with E-state index in [1.165, 1.54) is 24.8 Å². The average molecular weight is 174 g/mol. The van der Waals surface area contributed by atoms with Gasteiger partial charge in [0, 0.05) is 0 Å². The molecule has 2 aliphatic rings. The third kappa shape index (κ3) is 1.93. The summed E-state index contributed by atoms with van der Waals surface area (Å²) in [6.45, 7) is 4.48. The minimum Gasteiger partial charge on any atom is -0.0767 e. The lowest BCUT2D eigenvalue weighted by Gasteiger charge is -2.07. The average Bonchev–Trinajstić information content (AvgIpc) is 2.91. The number of hydrogen-bond donors (Lipinski definition) is 0. The van der Waals surface area contributed by atoms with E-state index in [1.54, 1.807) is 11.1 Å². The van der Waals surface area contributed by atoms with Gasteiger partial charge in [-0.05, 0) is 49.7 Å². The Hall–Kier alpha value is -0.780. The smallest absolute Gasteiger partial charge is 0.0132 e. The molecule has 0 bridgehead atoms. The summed E-state index contributed by atoms with van der Waals surface area (Å²) in [5.41, 5.74) is 4.71. The van der Waals surface area contributed by atoms with Crippen LogP contribution in [0.5, 0.6) is 0 Å². The van der Waals surface area contributed by atoms with Gasteiger partial charge in [0.25, 0.3) is 0 Å². The van der Waals surface area contributed by atoms with Crippen LogP contribution in [-0.4, -0.2) is 0 Å². The molecule has 1 fully saturated rings. The van der Waals surface area contributed by atoms with E-state index in [9.17, 15) is 0 Å². The van der Waals surface area contributed by atoms with E-state index in [0.717, 1.165) is 12.3 Å². The molecule has 1 saturated carbocycles. The van der Waals surface area contributed by atoms with Crippen molar-refractivity contribution in [2.75, 3.05) is 0 Å². The lowest BCUT2D eigenvalue weighted by molar-refractivity contribution is 0.956. The Kier molecular flexibility index (Phi) is 2.39. The lowest BCUT2D eigenvalue weighted by Crippen LogP contribution is -1.90. The fraction of sp³-hybridized carbons (Fsp3) is 0.538. The first-order valence-electron chi connectivity index (χ1n) is 5.38. The maximum Gasteiger partial charge on any atom is -0.0132 e. The van der Waals surface area contributed by atoms with Gasteiger partial charge in [0.2, 0.25) is 0 Å². The Morgan fingerprint density at radius 2 is 2.08 bits per heavy atom. The van der Waals surface area contributed by atoms with Crippen molar-refractivity contribution < 1.29 is 0 Å². The van der Waals surface area contributed by atoms with Crippen molar-refractivity contribution in [2.24, 2.45) is 5.92 Å². The van der Waals surface area contributed by atoms with Crippen molar-refractivity contribution in [1.82, 2.24) is 0 Å². The van der Waals surface area contributed by atoms with Gasteiger partial charge in [0.15, 0.2) is 0 Å². The third-order valence-corrected chi connectivity index (χ3v) is 2.98. The second-order valence-corrected chi connectivity index (χ2v) is 4.20. The first-order valence-corrected chi connectivity index (χ1v) is 5.38. The third-order valence-electron chi connectivity index (χ3n) is 2.98. The Morgan fingerprint density at radius 3 is 2.69 bits per heavy atom. The fourth-order valence-corrected chi connectivity index (χ4v) is 1.95. The summed E-state index contributed by atoms with van der Waals surface area (Å²) in [5.74, 6) is 0.908. The lowest BCUT2D eigenvalue weighted by atomic mass is 9.99. The normalized spacial score (nSPS) is 23.1. The molecule has 0 aromatic heterocycles. The van der Waals surface area contributed by atoms with E-state index in [0.29, 0.717) is 0 Å². The molecule has 0 aromatic carbocycles. The molecule has 0 nitrogen and oxygen atoms in total. The van der Waals surface area contributed by atoms with Gasteiger partial charge in [-0.1, -0.05) is 30.7 Å². The summed E-state index contributed by atoms with van der Waals surface area (Å²) in [5, 5.41) is 0. The fourth-order valence-electron chi connectivity index (χ4n) is 1.95. The van der Waals surface area contributed by atoms with E-state index in [4.69, 9.17) is 0 Å². The molecule has 0 atom stereocenters. The van der Waals surface area contributed by atoms with Crippen molar-refractivity contribution >= 4 is 0 Å². The molecule has 2 rings (SSSR count). The maximum atomic E-state index is 2.45. The second-order valence-electron chi connectivity index (χ2n) is 4.20. The van der Waals surface area contributed by atoms with Crippen LogP contribution >= 0.6 is 0 Å². The standard InChI is InChI=1S/C13H18/c1-3-11-6-4-10(2)5-9-13(11)12-7-8-12/h4,6,9,12H,3,5,7-8H2,1-2H3. The minimum absolute atomic E-state index is 0.908. The summed E-state index contributed by atoms with van der Waals surface area (Å²) < 4.78 is 0. The molecular formula is C13H18. The Balaban J connectivity index is 2.24. The highest BCUT2D eigenvalue weighted by Gasteiger charge is 2.27. The zero-order valence-electron chi connectivity index (χ0n) is 8.64. The molecule has 0 spiro atoms. The molecule has 0 amide bonds. The molecule has 0 aromatic rings. The monoisotopic (exact) mass is 174 g/mol. The van der Waals surface area contributed by atoms with Crippen LogP contribution < -0.4 is 0 Å². The zero-order chi connectivity index (χ0) is 9.26. The topological polar surface area (TPSA) is 0 Å². The molecule has 0 aliphatic heterocycles. The van der Waals surface area contributed by atoms with E-state index < -0.39 is 0 Å². The molecule has 70 valence electrons. The van der Waals surface area contributed by atoms with Gasteiger partial charge in [-0.3, -0.25) is 0 Å². The first kappa shape index (κ1) is 8.80. The summed E-state index contributed by atoms with van der Waals surface area (Å²) in [6.07, 6.45) is 12.2. The van der Waals surface area contributed by atoms with Crippen molar-refractivity contribution in [3.05, 3.63) is 34.9 Å². The first-order chi connectivity index (χ1) is 6.31. The molecule has 13 heavy (non-hydrogen) atoms. The van der Waals surface area contributed by atoms with Crippen molar-refractivity contribution in [1.29, 1.82) is 0 Å². The van der Waals surface area contributed by atoms with Gasteiger partial charge >= 0.3 is 0 Å². The van der Waals surface area contributed by atoms with Crippen molar-refractivity contribution in [2.45, 2.75) is 39.5 Å². The molecular weight excluding hydrogens is 156 g/mol. The number of allylic oxidation sites excluding steroid dienone is 6. The van der Waals surface area contributed by atoms with Crippen LogP contribution in [0, 0.1) is 5.92 Å². The Morgan fingerprint density at radius 1 is 1.31 bits per heavy atom. The van der Waals surface area contributed by atoms with Crippen LogP contribution in [0.1, 0.15) is 39.5 Å². The Bertz CT molecular complexity index is 285. The molecule has 0 heterocycles. The van der Waals surface area contributed by atoms with Crippen LogP contribution in [0.3, 0.4) is 0 Å². The van der Waals surface area contributed by atoms with Gasteiger partial charge in [-0.2, -0.15) is 0 Å². The SMILES string of the molecule is CCC1=CC=C(C)CC=C1C1CC1.